The van der Waals surface area contributed by atoms with Gasteiger partial charge in [0.25, 0.3) is 0 Å². The van der Waals surface area contributed by atoms with E-state index in [4.69, 9.17) is 4.52 Å². The SMILES string of the molecule is CCNC(=NCc1ncnn1C)NCCc1nc(C(C)C)no1.I. The number of aromatic nitrogens is 5. The normalized spacial score (nSPS) is 11.5. The van der Waals surface area contributed by atoms with Crippen molar-refractivity contribution in [3.05, 3.63) is 23.9 Å². The van der Waals surface area contributed by atoms with Gasteiger partial charge in [0.05, 0.1) is 0 Å². The number of halogens is 1. The van der Waals surface area contributed by atoms with Crippen molar-refractivity contribution in [1.29, 1.82) is 0 Å². The number of aliphatic imine (C=N–C) groups is 1. The standard InChI is InChI=1S/C14H24N8O.HI/c1-5-15-14(17-8-11-18-9-19-22(11)4)16-7-6-12-20-13(10(2)3)21-23-12;/h9-10H,5-8H2,1-4H3,(H2,15,16,17);1H. The van der Waals surface area contributed by atoms with Crippen LogP contribution in [0.15, 0.2) is 15.8 Å². The highest BCUT2D eigenvalue weighted by Gasteiger charge is 2.09. The van der Waals surface area contributed by atoms with Crippen LogP contribution < -0.4 is 10.6 Å². The third-order valence-corrected chi connectivity index (χ3v) is 3.16. The molecule has 134 valence electrons. The molecular weight excluding hydrogens is 423 g/mol. The molecule has 0 atom stereocenters. The van der Waals surface area contributed by atoms with Gasteiger partial charge >= 0.3 is 0 Å². The zero-order chi connectivity index (χ0) is 16.7. The average Bonchev–Trinajstić information content (AvgIpc) is 3.14. The summed E-state index contributed by atoms with van der Waals surface area (Å²) in [6, 6.07) is 0. The van der Waals surface area contributed by atoms with Gasteiger partial charge in [0, 0.05) is 32.5 Å². The van der Waals surface area contributed by atoms with Gasteiger partial charge in [-0.15, -0.1) is 24.0 Å². The highest BCUT2D eigenvalue weighted by Crippen LogP contribution is 2.09. The van der Waals surface area contributed by atoms with Crippen molar-refractivity contribution < 1.29 is 4.52 Å². The van der Waals surface area contributed by atoms with Crippen LogP contribution in [0.4, 0.5) is 0 Å². The first-order valence-corrected chi connectivity index (χ1v) is 7.77. The molecule has 2 aromatic rings. The molecule has 0 aromatic carbocycles. The average molecular weight is 448 g/mol. The molecule has 0 amide bonds. The number of nitrogens with one attached hydrogen (secondary N) is 2. The van der Waals surface area contributed by atoms with E-state index in [9.17, 15) is 0 Å². The van der Waals surface area contributed by atoms with Gasteiger partial charge in [-0.05, 0) is 6.92 Å². The van der Waals surface area contributed by atoms with E-state index >= 15 is 0 Å². The number of rotatable bonds is 7. The maximum absolute atomic E-state index is 5.22. The molecule has 9 nitrogen and oxygen atoms in total. The van der Waals surface area contributed by atoms with Gasteiger partial charge in [-0.25, -0.2) is 9.98 Å². The summed E-state index contributed by atoms with van der Waals surface area (Å²) >= 11 is 0. The summed E-state index contributed by atoms with van der Waals surface area (Å²) in [7, 11) is 1.85. The molecule has 2 N–H and O–H groups in total. The first-order chi connectivity index (χ1) is 11.1. The molecule has 0 fully saturated rings. The van der Waals surface area contributed by atoms with Crippen LogP contribution in [0.25, 0.3) is 0 Å². The van der Waals surface area contributed by atoms with E-state index in [-0.39, 0.29) is 29.9 Å². The summed E-state index contributed by atoms with van der Waals surface area (Å²) in [5.41, 5.74) is 0. The summed E-state index contributed by atoms with van der Waals surface area (Å²) in [6.45, 7) is 7.99. The lowest BCUT2D eigenvalue weighted by molar-refractivity contribution is 0.371. The van der Waals surface area contributed by atoms with Gasteiger partial charge < -0.3 is 15.2 Å². The first kappa shape index (κ1) is 20.3. The van der Waals surface area contributed by atoms with Crippen molar-refractivity contribution in [2.45, 2.75) is 39.7 Å². The minimum Gasteiger partial charge on any atom is -0.357 e. The lowest BCUT2D eigenvalue weighted by atomic mass is 10.2. The summed E-state index contributed by atoms with van der Waals surface area (Å²) in [5.74, 6) is 3.17. The lowest BCUT2D eigenvalue weighted by Gasteiger charge is -2.10. The van der Waals surface area contributed by atoms with Crippen LogP contribution in [0, 0.1) is 0 Å². The Balaban J connectivity index is 0.00000288. The van der Waals surface area contributed by atoms with Crippen LogP contribution >= 0.6 is 24.0 Å². The Bertz CT molecular complexity index is 636. The van der Waals surface area contributed by atoms with Gasteiger partial charge in [-0.1, -0.05) is 19.0 Å². The minimum atomic E-state index is 0. The van der Waals surface area contributed by atoms with E-state index in [0.717, 1.165) is 24.2 Å². The Morgan fingerprint density at radius 2 is 2.17 bits per heavy atom. The fourth-order valence-corrected chi connectivity index (χ4v) is 1.85. The summed E-state index contributed by atoms with van der Waals surface area (Å²) in [6.07, 6.45) is 2.17. The molecule has 0 spiro atoms. The summed E-state index contributed by atoms with van der Waals surface area (Å²) in [5, 5.41) is 14.4. The van der Waals surface area contributed by atoms with Crippen LogP contribution in [-0.4, -0.2) is 44.0 Å². The molecule has 0 aliphatic heterocycles. The molecule has 0 unspecified atom stereocenters. The van der Waals surface area contributed by atoms with Crippen LogP contribution in [0.3, 0.4) is 0 Å². The predicted molar refractivity (Wildman–Crippen MR) is 101 cm³/mol. The van der Waals surface area contributed by atoms with Crippen molar-refractivity contribution in [3.63, 3.8) is 0 Å². The van der Waals surface area contributed by atoms with Crippen molar-refractivity contribution in [2.75, 3.05) is 13.1 Å². The third kappa shape index (κ3) is 6.06. The van der Waals surface area contributed by atoms with E-state index in [2.05, 4.69) is 35.8 Å². The quantitative estimate of drug-likeness (QED) is 0.373. The third-order valence-electron chi connectivity index (χ3n) is 3.16. The number of hydrogen-bond acceptors (Lipinski definition) is 6. The fourth-order valence-electron chi connectivity index (χ4n) is 1.85. The molecule has 2 heterocycles. The van der Waals surface area contributed by atoms with Gasteiger partial charge in [-0.2, -0.15) is 10.1 Å². The van der Waals surface area contributed by atoms with Gasteiger partial charge in [0.15, 0.2) is 11.8 Å². The molecule has 0 aliphatic rings. The molecule has 0 radical (unpaired) electrons. The zero-order valence-electron chi connectivity index (χ0n) is 14.5. The number of aryl methyl sites for hydroxylation is 1. The van der Waals surface area contributed by atoms with Gasteiger partial charge in [0.1, 0.15) is 18.7 Å². The second kappa shape index (κ2) is 10.2. The van der Waals surface area contributed by atoms with E-state index in [1.165, 1.54) is 6.33 Å². The zero-order valence-corrected chi connectivity index (χ0v) is 16.8. The minimum absolute atomic E-state index is 0. The molecule has 2 rings (SSSR count). The predicted octanol–water partition coefficient (Wildman–Crippen LogP) is 1.24. The van der Waals surface area contributed by atoms with Crippen molar-refractivity contribution in [1.82, 2.24) is 35.5 Å². The largest absolute Gasteiger partial charge is 0.357 e. The Labute approximate surface area is 158 Å². The summed E-state index contributed by atoms with van der Waals surface area (Å²) < 4.78 is 6.93. The van der Waals surface area contributed by atoms with Crippen molar-refractivity contribution in [3.8, 4) is 0 Å². The topological polar surface area (TPSA) is 106 Å². The molecule has 0 bridgehead atoms. The second-order valence-corrected chi connectivity index (χ2v) is 5.37. The maximum atomic E-state index is 5.22. The number of hydrogen-bond donors (Lipinski definition) is 2. The second-order valence-electron chi connectivity index (χ2n) is 5.37. The van der Waals surface area contributed by atoms with Gasteiger partial charge in [0.2, 0.25) is 5.89 Å². The summed E-state index contributed by atoms with van der Waals surface area (Å²) in [4.78, 5) is 13.0. The van der Waals surface area contributed by atoms with Crippen LogP contribution in [0.1, 0.15) is 44.2 Å². The Morgan fingerprint density at radius 3 is 2.75 bits per heavy atom. The van der Waals surface area contributed by atoms with Crippen LogP contribution in [0.5, 0.6) is 0 Å². The van der Waals surface area contributed by atoms with E-state index in [0.29, 0.717) is 25.4 Å². The van der Waals surface area contributed by atoms with Crippen molar-refractivity contribution in [2.24, 2.45) is 12.0 Å². The molecule has 10 heteroatoms. The Hall–Kier alpha value is -1.72. The molecular formula is C14H25IN8O. The highest BCUT2D eigenvalue weighted by molar-refractivity contribution is 14.0. The molecule has 0 saturated carbocycles. The van der Waals surface area contributed by atoms with Gasteiger partial charge in [-0.3, -0.25) is 4.68 Å². The Kier molecular flexibility index (Phi) is 8.65. The van der Waals surface area contributed by atoms with Crippen LogP contribution in [0.2, 0.25) is 0 Å². The van der Waals surface area contributed by atoms with E-state index in [1.54, 1.807) is 4.68 Å². The number of guanidine groups is 1. The number of nitrogens with zero attached hydrogens (tertiary/aromatic N) is 6. The lowest BCUT2D eigenvalue weighted by Crippen LogP contribution is -2.38. The molecule has 2 aromatic heterocycles. The Morgan fingerprint density at radius 1 is 1.38 bits per heavy atom. The fraction of sp³-hybridized carbons (Fsp3) is 0.643. The van der Waals surface area contributed by atoms with Crippen molar-refractivity contribution >= 4 is 29.9 Å². The monoisotopic (exact) mass is 448 g/mol. The molecule has 0 saturated heterocycles. The highest BCUT2D eigenvalue weighted by atomic mass is 127. The smallest absolute Gasteiger partial charge is 0.228 e. The van der Waals surface area contributed by atoms with Crippen LogP contribution in [-0.2, 0) is 20.0 Å². The molecule has 24 heavy (non-hydrogen) atoms. The van der Waals surface area contributed by atoms with E-state index in [1.807, 2.05) is 27.8 Å². The molecule has 0 aliphatic carbocycles. The first-order valence-electron chi connectivity index (χ1n) is 7.77. The van der Waals surface area contributed by atoms with E-state index < -0.39 is 0 Å². The maximum Gasteiger partial charge on any atom is 0.228 e.